The van der Waals surface area contributed by atoms with Crippen molar-refractivity contribution in [2.45, 2.75) is 12.5 Å². The van der Waals surface area contributed by atoms with Gasteiger partial charge in [0.2, 0.25) is 0 Å². The van der Waals surface area contributed by atoms with Crippen LogP contribution in [0.5, 0.6) is 0 Å². The van der Waals surface area contributed by atoms with Crippen molar-refractivity contribution in [3.05, 3.63) is 72.1 Å². The summed E-state index contributed by atoms with van der Waals surface area (Å²) in [4.78, 5) is 24.7. The number of aromatic nitrogens is 4. The smallest absolute Gasteiger partial charge is 0.331 e. The lowest BCUT2D eigenvalue weighted by Gasteiger charge is -2.15. The molecule has 1 amide bonds. The van der Waals surface area contributed by atoms with E-state index in [4.69, 9.17) is 10.00 Å². The highest BCUT2D eigenvalue weighted by molar-refractivity contribution is 5.94. The van der Waals surface area contributed by atoms with Crippen LogP contribution in [0.25, 0.3) is 0 Å². The van der Waals surface area contributed by atoms with Gasteiger partial charge in [-0.3, -0.25) is 4.79 Å². The maximum Gasteiger partial charge on any atom is 0.331 e. The number of ether oxygens (including phenoxy) is 1. The summed E-state index contributed by atoms with van der Waals surface area (Å²) in [5, 5.41) is 22.5. The van der Waals surface area contributed by atoms with Crippen LogP contribution in [-0.4, -0.2) is 38.7 Å². The highest BCUT2D eigenvalue weighted by Gasteiger charge is 2.24. The average molecular weight is 376 g/mol. The van der Waals surface area contributed by atoms with Crippen molar-refractivity contribution in [3.63, 3.8) is 0 Å². The summed E-state index contributed by atoms with van der Waals surface area (Å²) >= 11 is 0. The van der Waals surface area contributed by atoms with Gasteiger partial charge < -0.3 is 10.1 Å². The molecule has 1 heterocycles. The van der Waals surface area contributed by atoms with Crippen LogP contribution in [0.1, 0.15) is 17.2 Å². The molecule has 1 N–H and O–H groups in total. The number of esters is 1. The predicted molar refractivity (Wildman–Crippen MR) is 97.7 cm³/mol. The Morgan fingerprint density at radius 3 is 2.61 bits per heavy atom. The molecule has 0 aliphatic rings. The van der Waals surface area contributed by atoms with Crippen LogP contribution >= 0.6 is 0 Å². The molecular weight excluding hydrogens is 360 g/mol. The maximum atomic E-state index is 12.6. The highest BCUT2D eigenvalue weighted by Crippen LogP contribution is 2.16. The third-order valence-corrected chi connectivity index (χ3v) is 3.90. The number of amides is 1. The molecule has 9 heteroatoms. The van der Waals surface area contributed by atoms with Crippen LogP contribution in [0.15, 0.2) is 60.9 Å². The Labute approximate surface area is 160 Å². The molecule has 3 rings (SSSR count). The van der Waals surface area contributed by atoms with E-state index in [1.54, 1.807) is 24.3 Å². The Kier molecular flexibility index (Phi) is 6.05. The van der Waals surface area contributed by atoms with Gasteiger partial charge in [0.05, 0.1) is 11.3 Å². The molecule has 0 radical (unpaired) electrons. The molecule has 2 aromatic carbocycles. The molecular formula is C19H16N6O3. The number of nitriles is 1. The van der Waals surface area contributed by atoms with Crippen LogP contribution < -0.4 is 5.32 Å². The van der Waals surface area contributed by atoms with Crippen molar-refractivity contribution >= 4 is 17.6 Å². The Bertz CT molecular complexity index is 982. The Morgan fingerprint density at radius 2 is 1.89 bits per heavy atom. The zero-order valence-corrected chi connectivity index (χ0v) is 14.7. The zero-order valence-electron chi connectivity index (χ0n) is 14.7. The number of hydrogen-bond donors (Lipinski definition) is 1. The molecule has 0 spiro atoms. The minimum Gasteiger partial charge on any atom is -0.454 e. The molecule has 0 fully saturated rings. The number of nitrogens with zero attached hydrogens (tertiary/aromatic N) is 5. The minimum atomic E-state index is -0.809. The summed E-state index contributed by atoms with van der Waals surface area (Å²) in [6.45, 7) is -0.494. The van der Waals surface area contributed by atoms with E-state index in [0.29, 0.717) is 17.7 Å². The Hall–Kier alpha value is -4.06. The Morgan fingerprint density at radius 1 is 1.14 bits per heavy atom. The molecule has 28 heavy (non-hydrogen) atoms. The largest absolute Gasteiger partial charge is 0.454 e. The molecule has 0 bridgehead atoms. The highest BCUT2D eigenvalue weighted by atomic mass is 16.5. The number of para-hydroxylation sites is 1. The van der Waals surface area contributed by atoms with E-state index in [-0.39, 0.29) is 0 Å². The molecule has 0 unspecified atom stereocenters. The summed E-state index contributed by atoms with van der Waals surface area (Å²) in [5.41, 5.74) is 1.57. The van der Waals surface area contributed by atoms with Gasteiger partial charge in [-0.25, -0.2) is 9.48 Å². The second-order valence-electron chi connectivity index (χ2n) is 5.81. The van der Waals surface area contributed by atoms with Crippen molar-refractivity contribution in [1.82, 2.24) is 20.2 Å². The second kappa shape index (κ2) is 9.05. The van der Waals surface area contributed by atoms with Gasteiger partial charge in [0, 0.05) is 6.42 Å². The normalized spacial score (nSPS) is 11.2. The quantitative estimate of drug-likeness (QED) is 0.620. The lowest BCUT2D eigenvalue weighted by Crippen LogP contribution is -2.28. The van der Waals surface area contributed by atoms with Gasteiger partial charge in [-0.2, -0.15) is 5.26 Å². The molecule has 3 aromatic rings. The first-order chi connectivity index (χ1) is 13.7. The topological polar surface area (TPSA) is 123 Å². The number of carbonyl (C=O) groups excluding carboxylic acids is 2. The van der Waals surface area contributed by atoms with Gasteiger partial charge in [0.15, 0.2) is 12.6 Å². The van der Waals surface area contributed by atoms with Crippen molar-refractivity contribution in [3.8, 4) is 6.07 Å². The fourth-order valence-electron chi connectivity index (χ4n) is 2.54. The number of rotatable bonds is 7. The van der Waals surface area contributed by atoms with Crippen LogP contribution in [-0.2, 0) is 20.7 Å². The molecule has 1 aromatic heterocycles. The maximum absolute atomic E-state index is 12.6. The average Bonchev–Trinajstić information content (AvgIpc) is 3.26. The van der Waals surface area contributed by atoms with Crippen LogP contribution in [0.2, 0.25) is 0 Å². The number of nitrogens with one attached hydrogen (secondary N) is 1. The van der Waals surface area contributed by atoms with Gasteiger partial charge in [-0.15, -0.1) is 5.10 Å². The number of benzene rings is 2. The standard InChI is InChI=1S/C19H16N6O3/c20-11-15-8-4-5-9-16(15)22-18(26)12-28-19(27)17(25-13-21-23-24-25)10-14-6-2-1-3-7-14/h1-9,13,17H,10,12H2,(H,22,26)/t17-/m0/s1. The van der Waals surface area contributed by atoms with E-state index in [0.717, 1.165) is 5.56 Å². The van der Waals surface area contributed by atoms with Gasteiger partial charge in [0.1, 0.15) is 12.4 Å². The molecule has 0 saturated carbocycles. The van der Waals surface area contributed by atoms with E-state index < -0.39 is 24.5 Å². The second-order valence-corrected chi connectivity index (χ2v) is 5.81. The molecule has 0 aliphatic carbocycles. The van der Waals surface area contributed by atoms with Gasteiger partial charge in [-0.05, 0) is 28.1 Å². The summed E-state index contributed by atoms with van der Waals surface area (Å²) < 4.78 is 6.45. The van der Waals surface area contributed by atoms with E-state index >= 15 is 0 Å². The molecule has 9 nitrogen and oxygen atoms in total. The molecule has 1 atom stereocenters. The fourth-order valence-corrected chi connectivity index (χ4v) is 2.54. The predicted octanol–water partition coefficient (Wildman–Crippen LogP) is 1.51. The van der Waals surface area contributed by atoms with Gasteiger partial charge >= 0.3 is 5.97 Å². The fraction of sp³-hybridized carbons (Fsp3) is 0.158. The number of tetrazole rings is 1. The number of hydrogen-bond acceptors (Lipinski definition) is 7. The van der Waals surface area contributed by atoms with Crippen LogP contribution in [0.3, 0.4) is 0 Å². The SMILES string of the molecule is N#Cc1ccccc1NC(=O)COC(=O)[C@H](Cc1ccccc1)n1cnnn1. The summed E-state index contributed by atoms with van der Waals surface area (Å²) in [6, 6.07) is 17.1. The first-order valence-corrected chi connectivity index (χ1v) is 8.39. The Balaban J connectivity index is 1.63. The van der Waals surface area contributed by atoms with Gasteiger partial charge in [0.25, 0.3) is 5.91 Å². The zero-order chi connectivity index (χ0) is 19.8. The lowest BCUT2D eigenvalue weighted by molar-refractivity contribution is -0.151. The summed E-state index contributed by atoms with van der Waals surface area (Å²) in [7, 11) is 0. The van der Waals surface area contributed by atoms with E-state index in [9.17, 15) is 9.59 Å². The van der Waals surface area contributed by atoms with E-state index in [1.165, 1.54) is 11.0 Å². The molecule has 140 valence electrons. The van der Waals surface area contributed by atoms with Gasteiger partial charge in [-0.1, -0.05) is 42.5 Å². The van der Waals surface area contributed by atoms with E-state index in [2.05, 4.69) is 20.8 Å². The number of anilines is 1. The van der Waals surface area contributed by atoms with Crippen LogP contribution in [0, 0.1) is 11.3 Å². The third kappa shape index (κ3) is 4.76. The summed E-state index contributed by atoms with van der Waals surface area (Å²) in [6.07, 6.45) is 1.63. The van der Waals surface area contributed by atoms with Crippen molar-refractivity contribution in [2.75, 3.05) is 11.9 Å². The van der Waals surface area contributed by atoms with E-state index in [1.807, 2.05) is 36.4 Å². The first kappa shape index (κ1) is 18.7. The summed E-state index contributed by atoms with van der Waals surface area (Å²) in [5.74, 6) is -1.19. The third-order valence-electron chi connectivity index (χ3n) is 3.90. The monoisotopic (exact) mass is 376 g/mol. The molecule has 0 aliphatic heterocycles. The first-order valence-electron chi connectivity index (χ1n) is 8.39. The lowest BCUT2D eigenvalue weighted by atomic mass is 10.1. The van der Waals surface area contributed by atoms with Crippen molar-refractivity contribution in [2.24, 2.45) is 0 Å². The van der Waals surface area contributed by atoms with Crippen LogP contribution in [0.4, 0.5) is 5.69 Å². The number of carbonyl (C=O) groups is 2. The molecule has 0 saturated heterocycles. The van der Waals surface area contributed by atoms with Crippen molar-refractivity contribution in [1.29, 1.82) is 5.26 Å². The van der Waals surface area contributed by atoms with Crippen molar-refractivity contribution < 1.29 is 14.3 Å². The minimum absolute atomic E-state index is 0.309.